The molecule has 4 heteroatoms. The van der Waals surface area contributed by atoms with E-state index in [1.807, 2.05) is 6.20 Å². The Balaban J connectivity index is 1.38. The largest absolute Gasteiger partial charge is 0.407 e. The highest BCUT2D eigenvalue weighted by Gasteiger charge is 2.47. The quantitative estimate of drug-likeness (QED) is 0.113. The fourth-order valence-corrected chi connectivity index (χ4v) is 12.3. The van der Waals surface area contributed by atoms with Crippen molar-refractivity contribution in [1.29, 1.82) is 0 Å². The number of hydrogen-bond acceptors (Lipinski definition) is 3. The molecule has 3 aliphatic heterocycles. The number of fused-ring (bicyclic) bond motifs is 4. The minimum atomic E-state index is -2.56. The smallest absolute Gasteiger partial charge is 0.206 e. The molecule has 5 aromatic rings. The van der Waals surface area contributed by atoms with Crippen LogP contribution in [0, 0.1) is 11.8 Å². The number of aromatic nitrogens is 1. The van der Waals surface area contributed by atoms with Crippen molar-refractivity contribution < 1.29 is 4.43 Å². The second-order valence-corrected chi connectivity index (χ2v) is 16.5. The van der Waals surface area contributed by atoms with Gasteiger partial charge in [0.15, 0.2) is 0 Å². The first kappa shape index (κ1) is 28.9. The number of rotatable bonds is 11. The minimum absolute atomic E-state index is 0.0423. The Labute approximate surface area is 263 Å². The summed E-state index contributed by atoms with van der Waals surface area (Å²) < 4.78 is 8.05. The molecule has 2 bridgehead atoms. The Bertz CT molecular complexity index is 1570. The van der Waals surface area contributed by atoms with E-state index in [-0.39, 0.29) is 6.10 Å². The standard InChI is InChI=1S/C40H42N2OSi/c1-2-34-27-42-25-23-35(34)26-39(42)40(37-22-24-41-38-21-13-12-20-36(37)38)43-44(28-31-14-6-3-7-15-31,29-32-16-8-4-9-17-32)30-33-18-10-5-11-19-33/h2-22,24,34-35,39-40H,1,23,25-30H2/t34-,35-,39-,40+/m0/s1. The van der Waals surface area contributed by atoms with Crippen LogP contribution in [-0.2, 0) is 22.6 Å². The average Bonchev–Trinajstić information content (AvgIpc) is 3.08. The van der Waals surface area contributed by atoms with Crippen molar-refractivity contribution in [3.05, 3.63) is 162 Å². The molecule has 0 aliphatic carbocycles. The third kappa shape index (κ3) is 6.21. The van der Waals surface area contributed by atoms with Gasteiger partial charge in [0.1, 0.15) is 0 Å². The van der Waals surface area contributed by atoms with Crippen molar-refractivity contribution in [2.24, 2.45) is 11.8 Å². The molecule has 4 aromatic carbocycles. The highest BCUT2D eigenvalue weighted by Crippen LogP contribution is 2.45. The molecule has 3 nitrogen and oxygen atoms in total. The van der Waals surface area contributed by atoms with Crippen LogP contribution in [0.2, 0.25) is 0 Å². The summed E-state index contributed by atoms with van der Waals surface area (Å²) >= 11 is 0. The van der Waals surface area contributed by atoms with Gasteiger partial charge in [-0.05, 0) is 83.7 Å². The van der Waals surface area contributed by atoms with Crippen LogP contribution in [0.1, 0.15) is 41.2 Å². The normalized spacial score (nSPS) is 22.1. The molecular weight excluding hydrogens is 553 g/mol. The first-order valence-electron chi connectivity index (χ1n) is 16.2. The molecule has 44 heavy (non-hydrogen) atoms. The summed E-state index contributed by atoms with van der Waals surface area (Å²) in [5.41, 5.74) is 6.42. The molecule has 3 saturated heterocycles. The van der Waals surface area contributed by atoms with Crippen LogP contribution >= 0.6 is 0 Å². The molecule has 0 amide bonds. The van der Waals surface area contributed by atoms with E-state index in [0.717, 1.165) is 43.2 Å². The molecule has 4 heterocycles. The molecule has 5 atom stereocenters. The summed E-state index contributed by atoms with van der Waals surface area (Å²) in [5.74, 6) is 1.23. The summed E-state index contributed by atoms with van der Waals surface area (Å²) in [6, 6.07) is 47.2. The van der Waals surface area contributed by atoms with Crippen molar-refractivity contribution >= 4 is 19.2 Å². The lowest BCUT2D eigenvalue weighted by molar-refractivity contribution is -0.0397. The van der Waals surface area contributed by atoms with Gasteiger partial charge in [-0.15, -0.1) is 6.58 Å². The number of pyridine rings is 1. The lowest BCUT2D eigenvalue weighted by Crippen LogP contribution is -2.58. The Hall–Kier alpha value is -3.83. The first-order chi connectivity index (χ1) is 21.7. The molecule has 0 saturated carbocycles. The van der Waals surface area contributed by atoms with Gasteiger partial charge >= 0.3 is 0 Å². The zero-order valence-corrected chi connectivity index (χ0v) is 26.5. The second-order valence-electron chi connectivity index (χ2n) is 12.9. The van der Waals surface area contributed by atoms with Crippen LogP contribution in [0.5, 0.6) is 0 Å². The predicted molar refractivity (Wildman–Crippen MR) is 184 cm³/mol. The van der Waals surface area contributed by atoms with E-state index < -0.39 is 8.32 Å². The maximum atomic E-state index is 8.05. The fourth-order valence-electron chi connectivity index (χ4n) is 7.89. The zero-order valence-electron chi connectivity index (χ0n) is 25.5. The maximum Gasteiger partial charge on any atom is 0.206 e. The Morgan fingerprint density at radius 3 is 1.89 bits per heavy atom. The van der Waals surface area contributed by atoms with Gasteiger partial charge in [0, 0.05) is 24.2 Å². The van der Waals surface area contributed by atoms with Gasteiger partial charge in [0.2, 0.25) is 8.32 Å². The number of piperidine rings is 3. The molecule has 1 aromatic heterocycles. The summed E-state index contributed by atoms with van der Waals surface area (Å²) in [6.07, 6.45) is 6.54. The summed E-state index contributed by atoms with van der Waals surface area (Å²) in [5, 5.41) is 1.21. The van der Waals surface area contributed by atoms with Crippen molar-refractivity contribution in [1.82, 2.24) is 9.88 Å². The molecule has 0 spiro atoms. The van der Waals surface area contributed by atoms with E-state index in [9.17, 15) is 0 Å². The van der Waals surface area contributed by atoms with Gasteiger partial charge in [0.05, 0.1) is 11.6 Å². The number of hydrogen-bond donors (Lipinski definition) is 0. The van der Waals surface area contributed by atoms with Crippen LogP contribution in [0.3, 0.4) is 0 Å². The van der Waals surface area contributed by atoms with Gasteiger partial charge in [0.25, 0.3) is 0 Å². The number of benzene rings is 4. The van der Waals surface area contributed by atoms with Crippen molar-refractivity contribution in [2.45, 2.75) is 43.1 Å². The van der Waals surface area contributed by atoms with Gasteiger partial charge in [-0.2, -0.15) is 0 Å². The molecule has 3 fully saturated rings. The second kappa shape index (κ2) is 13.0. The highest BCUT2D eigenvalue weighted by molar-refractivity contribution is 6.72. The van der Waals surface area contributed by atoms with E-state index in [1.54, 1.807) is 0 Å². The van der Waals surface area contributed by atoms with Crippen LogP contribution in [-0.4, -0.2) is 37.3 Å². The first-order valence-corrected chi connectivity index (χ1v) is 18.7. The van der Waals surface area contributed by atoms with Gasteiger partial charge < -0.3 is 4.43 Å². The average molecular weight is 595 g/mol. The summed E-state index contributed by atoms with van der Waals surface area (Å²) in [7, 11) is -2.56. The van der Waals surface area contributed by atoms with Crippen molar-refractivity contribution in [3.63, 3.8) is 0 Å². The SMILES string of the molecule is C=C[C@H]1CN2CC[C@H]1C[C@H]2[C@H](O[Si](Cc1ccccc1)(Cc1ccccc1)Cc1ccccc1)c1ccnc2ccccc12. The minimum Gasteiger partial charge on any atom is -0.407 e. The van der Waals surface area contributed by atoms with Crippen LogP contribution in [0.4, 0.5) is 0 Å². The van der Waals surface area contributed by atoms with E-state index in [1.165, 1.54) is 34.1 Å². The van der Waals surface area contributed by atoms with Crippen LogP contribution < -0.4 is 0 Å². The van der Waals surface area contributed by atoms with Crippen LogP contribution in [0.15, 0.2) is 140 Å². The van der Waals surface area contributed by atoms with E-state index in [4.69, 9.17) is 9.41 Å². The third-order valence-electron chi connectivity index (χ3n) is 9.98. The molecule has 3 aliphatic rings. The van der Waals surface area contributed by atoms with E-state index in [2.05, 4.69) is 139 Å². The Kier molecular flexibility index (Phi) is 8.56. The van der Waals surface area contributed by atoms with E-state index in [0.29, 0.717) is 17.9 Å². The summed E-state index contributed by atoms with van der Waals surface area (Å²) in [4.78, 5) is 7.49. The highest BCUT2D eigenvalue weighted by atomic mass is 28.4. The van der Waals surface area contributed by atoms with Gasteiger partial charge in [-0.3, -0.25) is 9.88 Å². The van der Waals surface area contributed by atoms with Crippen molar-refractivity contribution in [3.8, 4) is 0 Å². The molecule has 0 radical (unpaired) electrons. The summed E-state index contributed by atoms with van der Waals surface area (Å²) in [6.45, 7) is 6.42. The zero-order chi connectivity index (χ0) is 29.8. The van der Waals surface area contributed by atoms with Gasteiger partial charge in [-0.25, -0.2) is 0 Å². The Morgan fingerprint density at radius 1 is 0.773 bits per heavy atom. The van der Waals surface area contributed by atoms with Gasteiger partial charge in [-0.1, -0.05) is 115 Å². The maximum absolute atomic E-state index is 8.05. The monoisotopic (exact) mass is 594 g/mol. The topological polar surface area (TPSA) is 25.4 Å². The third-order valence-corrected chi connectivity index (χ3v) is 13.9. The number of para-hydroxylation sites is 1. The molecule has 1 unspecified atom stereocenters. The molecule has 8 rings (SSSR count). The predicted octanol–water partition coefficient (Wildman–Crippen LogP) is 8.48. The van der Waals surface area contributed by atoms with E-state index >= 15 is 0 Å². The Morgan fingerprint density at radius 2 is 1.34 bits per heavy atom. The number of nitrogens with zero attached hydrogens (tertiary/aromatic N) is 2. The van der Waals surface area contributed by atoms with Crippen LogP contribution in [0.25, 0.3) is 10.9 Å². The molecule has 0 N–H and O–H groups in total. The molecule has 222 valence electrons. The lowest BCUT2D eigenvalue weighted by Gasteiger charge is -2.53. The van der Waals surface area contributed by atoms with Crippen molar-refractivity contribution in [2.75, 3.05) is 13.1 Å². The lowest BCUT2D eigenvalue weighted by atomic mass is 9.73. The molecular formula is C40H42N2OSi. The fraction of sp³-hybridized carbons (Fsp3) is 0.275.